The number of aryl methyl sites for hydroxylation is 1. The van der Waals surface area contributed by atoms with Crippen molar-refractivity contribution < 1.29 is 9.52 Å². The van der Waals surface area contributed by atoms with E-state index in [0.29, 0.717) is 18.5 Å². The number of aliphatic hydroxyl groups excluding tert-OH is 1. The highest BCUT2D eigenvalue weighted by molar-refractivity contribution is 7.98. The summed E-state index contributed by atoms with van der Waals surface area (Å²) in [7, 11) is 0. The number of aromatic nitrogens is 1. The van der Waals surface area contributed by atoms with Crippen LogP contribution in [0.5, 0.6) is 0 Å². The number of nitrogens with one attached hydrogen (secondary N) is 1. The van der Waals surface area contributed by atoms with Crippen LogP contribution in [0.3, 0.4) is 0 Å². The molecule has 0 aliphatic rings. The second-order valence-electron chi connectivity index (χ2n) is 5.06. The first-order valence-corrected chi connectivity index (χ1v) is 8.47. The molecular formula is C16H22N2O2S. The van der Waals surface area contributed by atoms with Gasteiger partial charge in [0, 0.05) is 30.5 Å². The Kier molecular flexibility index (Phi) is 6.29. The monoisotopic (exact) mass is 306 g/mol. The van der Waals surface area contributed by atoms with Gasteiger partial charge in [0.1, 0.15) is 6.26 Å². The highest BCUT2D eigenvalue weighted by Gasteiger charge is 2.10. The lowest BCUT2D eigenvalue weighted by Gasteiger charge is -2.15. The van der Waals surface area contributed by atoms with Crippen molar-refractivity contribution >= 4 is 11.8 Å². The van der Waals surface area contributed by atoms with E-state index < -0.39 is 0 Å². The molecule has 1 unspecified atom stereocenters. The molecule has 0 bridgehead atoms. The van der Waals surface area contributed by atoms with Gasteiger partial charge in [-0.05, 0) is 31.7 Å². The van der Waals surface area contributed by atoms with Crippen molar-refractivity contribution in [1.29, 1.82) is 0 Å². The van der Waals surface area contributed by atoms with Crippen molar-refractivity contribution in [3.63, 3.8) is 0 Å². The minimum Gasteiger partial charge on any atom is -0.444 e. The molecule has 1 heterocycles. The summed E-state index contributed by atoms with van der Waals surface area (Å²) in [5.74, 6) is 1.62. The van der Waals surface area contributed by atoms with E-state index in [1.54, 1.807) is 18.0 Å². The molecule has 0 fully saturated rings. The van der Waals surface area contributed by atoms with Crippen molar-refractivity contribution in [2.24, 2.45) is 0 Å². The van der Waals surface area contributed by atoms with E-state index in [9.17, 15) is 0 Å². The first-order chi connectivity index (χ1) is 10.2. The van der Waals surface area contributed by atoms with Gasteiger partial charge in [0.05, 0.1) is 5.69 Å². The van der Waals surface area contributed by atoms with Crippen molar-refractivity contribution in [3.8, 4) is 11.5 Å². The minimum absolute atomic E-state index is 0.200. The predicted octanol–water partition coefficient (Wildman–Crippen LogP) is 2.85. The lowest BCUT2D eigenvalue weighted by Crippen LogP contribution is -2.31. The van der Waals surface area contributed by atoms with Gasteiger partial charge in [-0.15, -0.1) is 0 Å². The van der Waals surface area contributed by atoms with Gasteiger partial charge in [-0.1, -0.05) is 17.7 Å². The zero-order chi connectivity index (χ0) is 15.1. The topological polar surface area (TPSA) is 58.3 Å². The fourth-order valence-electron chi connectivity index (χ4n) is 2.07. The van der Waals surface area contributed by atoms with Gasteiger partial charge in [0.15, 0.2) is 0 Å². The van der Waals surface area contributed by atoms with E-state index in [1.165, 1.54) is 5.56 Å². The summed E-state index contributed by atoms with van der Waals surface area (Å²) in [6, 6.07) is 8.42. The van der Waals surface area contributed by atoms with Crippen molar-refractivity contribution in [2.45, 2.75) is 25.9 Å². The Morgan fingerprint density at radius 2 is 2.10 bits per heavy atom. The average molecular weight is 306 g/mol. The van der Waals surface area contributed by atoms with Crippen molar-refractivity contribution in [2.75, 3.05) is 18.6 Å². The third kappa shape index (κ3) is 4.88. The number of rotatable bonds is 8. The van der Waals surface area contributed by atoms with E-state index in [0.717, 1.165) is 23.4 Å². The Bertz CT molecular complexity index is 533. The fourth-order valence-corrected chi connectivity index (χ4v) is 2.75. The highest BCUT2D eigenvalue weighted by atomic mass is 32.2. The van der Waals surface area contributed by atoms with Crippen LogP contribution in [0.1, 0.15) is 17.7 Å². The maximum absolute atomic E-state index is 9.05. The maximum atomic E-state index is 9.05. The fraction of sp³-hybridized carbons (Fsp3) is 0.438. The van der Waals surface area contributed by atoms with Crippen LogP contribution in [0.15, 0.2) is 34.9 Å². The van der Waals surface area contributed by atoms with E-state index in [-0.39, 0.29) is 6.61 Å². The maximum Gasteiger partial charge on any atom is 0.226 e. The normalized spacial score (nSPS) is 12.5. The largest absolute Gasteiger partial charge is 0.444 e. The van der Waals surface area contributed by atoms with Crippen LogP contribution in [0.25, 0.3) is 11.5 Å². The molecule has 2 rings (SSSR count). The third-order valence-electron chi connectivity index (χ3n) is 3.27. The summed E-state index contributed by atoms with van der Waals surface area (Å²) in [4.78, 5) is 4.50. The first kappa shape index (κ1) is 16.1. The molecule has 1 aromatic heterocycles. The quantitative estimate of drug-likeness (QED) is 0.785. The summed E-state index contributed by atoms with van der Waals surface area (Å²) < 4.78 is 5.54. The van der Waals surface area contributed by atoms with Crippen LogP contribution in [0.2, 0.25) is 0 Å². The second kappa shape index (κ2) is 8.22. The van der Waals surface area contributed by atoms with Crippen LogP contribution < -0.4 is 5.32 Å². The summed E-state index contributed by atoms with van der Waals surface area (Å²) in [5.41, 5.74) is 3.09. The van der Waals surface area contributed by atoms with Gasteiger partial charge >= 0.3 is 0 Å². The van der Waals surface area contributed by atoms with E-state index in [4.69, 9.17) is 9.52 Å². The number of thioether (sulfide) groups is 1. The number of benzene rings is 1. The zero-order valence-corrected chi connectivity index (χ0v) is 13.3. The van der Waals surface area contributed by atoms with Gasteiger partial charge in [-0.2, -0.15) is 11.8 Å². The minimum atomic E-state index is 0.200. The van der Waals surface area contributed by atoms with Gasteiger partial charge in [-0.3, -0.25) is 0 Å². The molecule has 5 heteroatoms. The molecule has 0 radical (unpaired) electrons. The molecule has 0 aliphatic carbocycles. The average Bonchev–Trinajstić information content (AvgIpc) is 2.95. The van der Waals surface area contributed by atoms with Gasteiger partial charge in [-0.25, -0.2) is 4.98 Å². The van der Waals surface area contributed by atoms with Crippen LogP contribution >= 0.6 is 11.8 Å². The van der Waals surface area contributed by atoms with Crippen LogP contribution in [-0.4, -0.2) is 34.7 Å². The molecule has 1 aromatic carbocycles. The molecule has 0 aliphatic heterocycles. The van der Waals surface area contributed by atoms with Crippen molar-refractivity contribution in [1.82, 2.24) is 10.3 Å². The third-order valence-corrected chi connectivity index (χ3v) is 4.00. The molecule has 2 aromatic rings. The molecule has 21 heavy (non-hydrogen) atoms. The number of aliphatic hydroxyl groups is 1. The van der Waals surface area contributed by atoms with E-state index in [2.05, 4.69) is 23.5 Å². The Balaban J connectivity index is 1.95. The Morgan fingerprint density at radius 3 is 2.76 bits per heavy atom. The van der Waals surface area contributed by atoms with Gasteiger partial charge in [0.2, 0.25) is 5.89 Å². The summed E-state index contributed by atoms with van der Waals surface area (Å²) in [6.07, 6.45) is 4.51. The molecule has 0 saturated heterocycles. The summed E-state index contributed by atoms with van der Waals surface area (Å²) in [5, 5.41) is 12.5. The van der Waals surface area contributed by atoms with Crippen molar-refractivity contribution in [3.05, 3.63) is 41.8 Å². The molecular weight excluding hydrogens is 284 g/mol. The van der Waals surface area contributed by atoms with E-state index in [1.807, 2.05) is 24.3 Å². The van der Waals surface area contributed by atoms with Crippen LogP contribution in [0.4, 0.5) is 0 Å². The molecule has 2 N–H and O–H groups in total. The molecule has 0 saturated carbocycles. The van der Waals surface area contributed by atoms with Gasteiger partial charge < -0.3 is 14.8 Å². The van der Waals surface area contributed by atoms with Crippen LogP contribution in [-0.2, 0) is 6.54 Å². The lowest BCUT2D eigenvalue weighted by atomic mass is 10.1. The molecule has 4 nitrogen and oxygen atoms in total. The Labute approximate surface area is 130 Å². The predicted molar refractivity (Wildman–Crippen MR) is 87.4 cm³/mol. The summed E-state index contributed by atoms with van der Waals surface area (Å²) >= 11 is 1.77. The lowest BCUT2D eigenvalue weighted by molar-refractivity contribution is 0.269. The Hall–Kier alpha value is -1.30. The number of nitrogens with zero attached hydrogens (tertiary/aromatic N) is 1. The number of hydrogen-bond acceptors (Lipinski definition) is 5. The SMILES string of the molecule is CSCC(CCO)NCc1coc(-c2ccc(C)cc2)n1. The van der Waals surface area contributed by atoms with Gasteiger partial charge in [0.25, 0.3) is 0 Å². The number of oxazole rings is 1. The summed E-state index contributed by atoms with van der Waals surface area (Å²) in [6.45, 7) is 2.91. The smallest absolute Gasteiger partial charge is 0.226 e. The molecule has 0 spiro atoms. The highest BCUT2D eigenvalue weighted by Crippen LogP contribution is 2.19. The second-order valence-corrected chi connectivity index (χ2v) is 5.97. The van der Waals surface area contributed by atoms with E-state index >= 15 is 0 Å². The Morgan fingerprint density at radius 1 is 1.33 bits per heavy atom. The standard InChI is InChI=1S/C16H22N2O2S/c1-12-3-5-13(6-4-12)16-18-15(10-20-16)9-17-14(7-8-19)11-21-2/h3-6,10,14,17,19H,7-9,11H2,1-2H3. The first-order valence-electron chi connectivity index (χ1n) is 7.07. The van der Waals surface area contributed by atoms with Crippen LogP contribution in [0, 0.1) is 6.92 Å². The zero-order valence-electron chi connectivity index (χ0n) is 12.5. The number of hydrogen-bond donors (Lipinski definition) is 2. The molecule has 114 valence electrons. The molecule has 0 amide bonds. The molecule has 1 atom stereocenters.